The van der Waals surface area contributed by atoms with Gasteiger partial charge in [0, 0.05) is 10.1 Å². The Balaban J connectivity index is 2.99. The van der Waals surface area contributed by atoms with E-state index in [-0.39, 0.29) is 5.41 Å². The Morgan fingerprint density at radius 1 is 1.35 bits per heavy atom. The third kappa shape index (κ3) is 4.67. The Morgan fingerprint density at radius 3 is 2.45 bits per heavy atom. The van der Waals surface area contributed by atoms with Gasteiger partial charge in [-0.3, -0.25) is 0 Å². The lowest BCUT2D eigenvalue weighted by molar-refractivity contribution is -0.141. The monoisotopic (exact) mass is 299 g/mol. The zero-order chi connectivity index (χ0) is 15.5. The Labute approximate surface area is 119 Å². The minimum Gasteiger partial charge on any atom is -0.424 e. The molecule has 1 rings (SSSR count). The molecule has 110 valence electrons. The highest BCUT2D eigenvalue weighted by Gasteiger charge is 2.29. The van der Waals surface area contributed by atoms with Crippen LogP contribution in [0.15, 0.2) is 18.2 Å². The fourth-order valence-electron chi connectivity index (χ4n) is 1.70. The molecule has 0 radical (unpaired) electrons. The summed E-state index contributed by atoms with van der Waals surface area (Å²) in [4.78, 5) is 20.5. The normalized spacial score (nSPS) is 13.8. The Hall–Kier alpha value is -1.29. The zero-order valence-corrected chi connectivity index (χ0v) is 13.2. The predicted molar refractivity (Wildman–Crippen MR) is 75.9 cm³/mol. The van der Waals surface area contributed by atoms with Crippen molar-refractivity contribution in [3.8, 4) is 5.75 Å². The second-order valence-electron chi connectivity index (χ2n) is 5.66. The smallest absolute Gasteiger partial charge is 0.424 e. The van der Waals surface area contributed by atoms with Crippen molar-refractivity contribution >= 4 is 14.2 Å². The molecule has 2 unspecified atom stereocenters. The van der Waals surface area contributed by atoms with Crippen molar-refractivity contribution < 1.29 is 23.5 Å². The van der Waals surface area contributed by atoms with E-state index in [1.165, 1.54) is 6.92 Å². The highest BCUT2D eigenvalue weighted by molar-refractivity contribution is 7.32. The first-order valence-electron chi connectivity index (χ1n) is 6.27. The fraction of sp³-hybridized carbons (Fsp3) is 0.500. The number of aryl methyl sites for hydroxylation is 1. The minimum atomic E-state index is -2.83. The highest BCUT2D eigenvalue weighted by Crippen LogP contribution is 2.32. The first kappa shape index (κ1) is 16.8. The molecule has 0 bridgehead atoms. The molecular weight excluding hydrogens is 279 g/mol. The van der Waals surface area contributed by atoms with Crippen LogP contribution < -0.4 is 4.74 Å². The van der Waals surface area contributed by atoms with Gasteiger partial charge < -0.3 is 4.74 Å². The Kier molecular flexibility index (Phi) is 5.40. The molecule has 5 nitrogen and oxygen atoms in total. The number of ether oxygens (including phenoxy) is 1. The number of carbonyl (C=O) groups excluding carboxylic acids is 1. The van der Waals surface area contributed by atoms with Gasteiger partial charge in [0.25, 0.3) is 0 Å². The quantitative estimate of drug-likeness (QED) is 0.525. The second-order valence-corrected chi connectivity index (χ2v) is 6.34. The lowest BCUT2D eigenvalue weighted by Crippen LogP contribution is -2.25. The SMILES string of the molecule is Cc1ccc(C(C)(C)C)c(OC(=O)C(C)O[P+](=O)O)c1. The van der Waals surface area contributed by atoms with Crippen LogP contribution in [0.3, 0.4) is 0 Å². The molecule has 1 N–H and O–H groups in total. The van der Waals surface area contributed by atoms with E-state index in [9.17, 15) is 9.36 Å². The molecule has 20 heavy (non-hydrogen) atoms. The summed E-state index contributed by atoms with van der Waals surface area (Å²) < 4.78 is 20.4. The summed E-state index contributed by atoms with van der Waals surface area (Å²) in [6, 6.07) is 5.63. The summed E-state index contributed by atoms with van der Waals surface area (Å²) in [6.45, 7) is 9.31. The van der Waals surface area contributed by atoms with Crippen molar-refractivity contribution in [3.05, 3.63) is 29.3 Å². The Morgan fingerprint density at radius 2 is 1.95 bits per heavy atom. The van der Waals surface area contributed by atoms with E-state index >= 15 is 0 Å². The lowest BCUT2D eigenvalue weighted by atomic mass is 9.86. The third-order valence-corrected chi connectivity index (χ3v) is 3.23. The van der Waals surface area contributed by atoms with Crippen molar-refractivity contribution in [2.75, 3.05) is 0 Å². The van der Waals surface area contributed by atoms with E-state index in [4.69, 9.17) is 9.63 Å². The van der Waals surface area contributed by atoms with Gasteiger partial charge in [-0.05, 0) is 30.9 Å². The van der Waals surface area contributed by atoms with Crippen LogP contribution >= 0.6 is 8.25 Å². The molecule has 0 saturated heterocycles. The van der Waals surface area contributed by atoms with Crippen molar-refractivity contribution in [3.63, 3.8) is 0 Å². The number of benzene rings is 1. The van der Waals surface area contributed by atoms with E-state index in [0.29, 0.717) is 5.75 Å². The van der Waals surface area contributed by atoms with E-state index < -0.39 is 20.3 Å². The largest absolute Gasteiger partial charge is 0.695 e. The summed E-state index contributed by atoms with van der Waals surface area (Å²) >= 11 is 0. The molecule has 0 aliphatic rings. The molecule has 0 aliphatic heterocycles. The van der Waals surface area contributed by atoms with Crippen LogP contribution in [0.2, 0.25) is 0 Å². The number of esters is 1. The molecule has 2 atom stereocenters. The average Bonchev–Trinajstić information content (AvgIpc) is 2.26. The molecule has 0 aliphatic carbocycles. The predicted octanol–water partition coefficient (Wildman–Crippen LogP) is 3.25. The van der Waals surface area contributed by atoms with E-state index in [1.54, 1.807) is 6.07 Å². The first-order valence-corrected chi connectivity index (χ1v) is 7.40. The molecular formula is C14H20O5P+. The van der Waals surface area contributed by atoms with Crippen molar-refractivity contribution in [1.29, 1.82) is 0 Å². The van der Waals surface area contributed by atoms with Crippen LogP contribution in [0.25, 0.3) is 0 Å². The molecule has 0 amide bonds. The molecule has 0 saturated carbocycles. The summed E-state index contributed by atoms with van der Waals surface area (Å²) in [5.41, 5.74) is 1.66. The van der Waals surface area contributed by atoms with E-state index in [2.05, 4.69) is 4.52 Å². The standard InChI is InChI=1S/C14H19O5P/c1-9-6-7-11(14(3,4)5)12(8-9)18-13(15)10(2)19-20(16)17/h6-8,10H,1-5H3/p+1. The van der Waals surface area contributed by atoms with Crippen LogP contribution in [-0.4, -0.2) is 17.0 Å². The van der Waals surface area contributed by atoms with Crippen molar-refractivity contribution in [1.82, 2.24) is 0 Å². The van der Waals surface area contributed by atoms with Gasteiger partial charge in [-0.2, -0.15) is 0 Å². The summed E-state index contributed by atoms with van der Waals surface area (Å²) in [7, 11) is -2.83. The second kappa shape index (κ2) is 6.44. The van der Waals surface area contributed by atoms with Gasteiger partial charge in [0.05, 0.1) is 0 Å². The average molecular weight is 299 g/mol. The summed E-state index contributed by atoms with van der Waals surface area (Å²) in [5.74, 6) is -0.246. The van der Waals surface area contributed by atoms with Crippen LogP contribution in [0, 0.1) is 6.92 Å². The Bertz CT molecular complexity index is 519. The van der Waals surface area contributed by atoms with Gasteiger partial charge in [0.15, 0.2) is 0 Å². The molecule has 1 aromatic rings. The summed E-state index contributed by atoms with van der Waals surface area (Å²) in [5, 5.41) is 0. The van der Waals surface area contributed by atoms with Gasteiger partial charge in [-0.15, -0.1) is 9.42 Å². The third-order valence-electron chi connectivity index (χ3n) is 2.74. The lowest BCUT2D eigenvalue weighted by Gasteiger charge is -2.22. The maximum absolute atomic E-state index is 11.9. The molecule has 0 aromatic heterocycles. The van der Waals surface area contributed by atoms with E-state index in [1.807, 2.05) is 39.8 Å². The minimum absolute atomic E-state index is 0.185. The maximum atomic E-state index is 11.9. The van der Waals surface area contributed by atoms with Crippen LogP contribution in [0.1, 0.15) is 38.8 Å². The van der Waals surface area contributed by atoms with E-state index in [0.717, 1.165) is 11.1 Å². The zero-order valence-electron chi connectivity index (χ0n) is 12.3. The first-order chi connectivity index (χ1) is 9.11. The van der Waals surface area contributed by atoms with Crippen molar-refractivity contribution in [2.45, 2.75) is 46.1 Å². The summed E-state index contributed by atoms with van der Waals surface area (Å²) in [6.07, 6.45) is -1.10. The maximum Gasteiger partial charge on any atom is 0.695 e. The molecule has 0 spiro atoms. The number of hydrogen-bond donors (Lipinski definition) is 1. The highest BCUT2D eigenvalue weighted by atomic mass is 31.1. The van der Waals surface area contributed by atoms with Crippen molar-refractivity contribution in [2.24, 2.45) is 0 Å². The molecule has 1 aromatic carbocycles. The number of carbonyl (C=O) groups is 1. The number of hydrogen-bond acceptors (Lipinski definition) is 4. The van der Waals surface area contributed by atoms with Crippen LogP contribution in [-0.2, 0) is 19.3 Å². The van der Waals surface area contributed by atoms with Gasteiger partial charge >= 0.3 is 14.2 Å². The molecule has 0 fully saturated rings. The van der Waals surface area contributed by atoms with Crippen LogP contribution in [0.5, 0.6) is 5.75 Å². The fourth-order valence-corrected chi connectivity index (χ4v) is 2.06. The van der Waals surface area contributed by atoms with Gasteiger partial charge in [0.1, 0.15) is 5.75 Å². The van der Waals surface area contributed by atoms with Gasteiger partial charge in [0.2, 0.25) is 6.10 Å². The topological polar surface area (TPSA) is 72.8 Å². The molecule has 0 heterocycles. The number of rotatable bonds is 4. The van der Waals surface area contributed by atoms with Gasteiger partial charge in [-0.25, -0.2) is 4.79 Å². The van der Waals surface area contributed by atoms with Crippen LogP contribution in [0.4, 0.5) is 0 Å². The molecule has 6 heteroatoms. The van der Waals surface area contributed by atoms with Gasteiger partial charge in [-0.1, -0.05) is 32.9 Å².